The van der Waals surface area contributed by atoms with Gasteiger partial charge in [0.1, 0.15) is 11.6 Å². The average molecular weight is 355 g/mol. The topological polar surface area (TPSA) is 74.5 Å². The first kappa shape index (κ1) is 16.6. The van der Waals surface area contributed by atoms with Gasteiger partial charge < -0.3 is 5.32 Å². The molecule has 0 bridgehead atoms. The van der Waals surface area contributed by atoms with E-state index in [1.165, 1.54) is 6.07 Å². The predicted molar refractivity (Wildman–Crippen MR) is 102 cm³/mol. The van der Waals surface area contributed by atoms with Gasteiger partial charge in [-0.15, -0.1) is 0 Å². The third-order valence-corrected chi connectivity index (χ3v) is 4.24. The first-order valence-corrected chi connectivity index (χ1v) is 8.29. The van der Waals surface area contributed by atoms with E-state index in [0.29, 0.717) is 39.2 Å². The Labute approximate surface area is 155 Å². The molecule has 5 nitrogen and oxygen atoms in total. The van der Waals surface area contributed by atoms with E-state index in [2.05, 4.69) is 26.3 Å². The van der Waals surface area contributed by atoms with Crippen molar-refractivity contribution in [2.45, 2.75) is 0 Å². The van der Waals surface area contributed by atoms with Crippen molar-refractivity contribution in [3.05, 3.63) is 72.3 Å². The molecule has 0 aliphatic rings. The zero-order valence-corrected chi connectivity index (χ0v) is 14.4. The van der Waals surface area contributed by atoms with Crippen molar-refractivity contribution in [3.63, 3.8) is 0 Å². The van der Waals surface area contributed by atoms with E-state index in [1.807, 2.05) is 6.07 Å². The molecule has 0 aliphatic carbocycles. The van der Waals surface area contributed by atoms with Crippen LogP contribution in [0.5, 0.6) is 0 Å². The van der Waals surface area contributed by atoms with E-state index < -0.39 is 5.82 Å². The second kappa shape index (κ2) is 6.81. The maximum Gasteiger partial charge on any atom is 0.163 e. The Balaban J connectivity index is 1.93. The second-order valence-electron chi connectivity index (χ2n) is 5.93. The molecule has 0 saturated heterocycles. The lowest BCUT2D eigenvalue weighted by Gasteiger charge is -2.11. The number of benzene rings is 2. The molecule has 130 valence electrons. The fourth-order valence-electron chi connectivity index (χ4n) is 2.94. The molecule has 0 saturated carbocycles. The largest absolute Gasteiger partial charge is 0.373 e. The number of rotatable bonds is 3. The second-order valence-corrected chi connectivity index (χ2v) is 5.93. The molecule has 27 heavy (non-hydrogen) atoms. The first-order chi connectivity index (χ1) is 13.2. The lowest BCUT2D eigenvalue weighted by molar-refractivity contribution is 0.633. The van der Waals surface area contributed by atoms with E-state index in [4.69, 9.17) is 5.26 Å². The molecule has 0 radical (unpaired) electrons. The zero-order valence-electron chi connectivity index (χ0n) is 14.4. The summed E-state index contributed by atoms with van der Waals surface area (Å²) in [5.41, 5.74) is 2.75. The van der Waals surface area contributed by atoms with E-state index in [0.717, 1.165) is 5.56 Å². The number of halogens is 1. The summed E-state index contributed by atoms with van der Waals surface area (Å²) in [4.78, 5) is 13.1. The number of hydrogen-bond acceptors (Lipinski definition) is 5. The van der Waals surface area contributed by atoms with Crippen LogP contribution in [0.25, 0.3) is 33.4 Å². The van der Waals surface area contributed by atoms with Gasteiger partial charge in [-0.05, 0) is 35.9 Å². The molecule has 2 heterocycles. The minimum absolute atomic E-state index is 0.397. The lowest BCUT2D eigenvalue weighted by atomic mass is 10.0. The molecule has 0 aliphatic heterocycles. The fourth-order valence-corrected chi connectivity index (χ4v) is 2.94. The number of anilines is 1. The van der Waals surface area contributed by atoms with Crippen molar-refractivity contribution < 1.29 is 4.39 Å². The van der Waals surface area contributed by atoms with Gasteiger partial charge in [0.05, 0.1) is 17.1 Å². The number of aromatic nitrogens is 3. The minimum atomic E-state index is -0.407. The molecule has 4 aromatic rings. The highest BCUT2D eigenvalue weighted by molar-refractivity contribution is 5.94. The highest BCUT2D eigenvalue weighted by Gasteiger charge is 2.14. The maximum absolute atomic E-state index is 14.8. The van der Waals surface area contributed by atoms with E-state index in [9.17, 15) is 4.39 Å². The van der Waals surface area contributed by atoms with E-state index in [1.54, 1.807) is 55.8 Å². The summed E-state index contributed by atoms with van der Waals surface area (Å²) in [5, 5.41) is 12.8. The lowest BCUT2D eigenvalue weighted by Crippen LogP contribution is -2.00. The maximum atomic E-state index is 14.8. The van der Waals surface area contributed by atoms with Crippen molar-refractivity contribution >= 4 is 16.7 Å². The van der Waals surface area contributed by atoms with Crippen molar-refractivity contribution in [3.8, 4) is 28.6 Å². The normalized spacial score (nSPS) is 10.6. The van der Waals surface area contributed by atoms with Crippen LogP contribution in [0.1, 0.15) is 5.56 Å². The van der Waals surface area contributed by atoms with Gasteiger partial charge in [0, 0.05) is 42.0 Å². The van der Waals surface area contributed by atoms with Gasteiger partial charge in [-0.1, -0.05) is 12.1 Å². The molecule has 0 spiro atoms. The Morgan fingerprint density at radius 2 is 1.89 bits per heavy atom. The smallest absolute Gasteiger partial charge is 0.163 e. The van der Waals surface area contributed by atoms with Crippen LogP contribution < -0.4 is 5.32 Å². The van der Waals surface area contributed by atoms with E-state index in [-0.39, 0.29) is 0 Å². The van der Waals surface area contributed by atoms with Crippen LogP contribution >= 0.6 is 0 Å². The van der Waals surface area contributed by atoms with Crippen LogP contribution in [0.2, 0.25) is 0 Å². The Hall–Kier alpha value is -3.85. The first-order valence-electron chi connectivity index (χ1n) is 8.29. The van der Waals surface area contributed by atoms with Crippen LogP contribution in [-0.2, 0) is 0 Å². The van der Waals surface area contributed by atoms with Crippen molar-refractivity contribution in [2.24, 2.45) is 0 Å². The van der Waals surface area contributed by atoms with Gasteiger partial charge in [-0.3, -0.25) is 4.98 Å². The van der Waals surface area contributed by atoms with Crippen LogP contribution in [0, 0.1) is 17.1 Å². The number of fused-ring (bicyclic) bond motifs is 1. The van der Waals surface area contributed by atoms with Gasteiger partial charge in [-0.2, -0.15) is 5.26 Å². The summed E-state index contributed by atoms with van der Waals surface area (Å²) in [5.74, 6) is 0.658. The molecule has 1 N–H and O–H groups in total. The van der Waals surface area contributed by atoms with Crippen LogP contribution in [0.4, 0.5) is 10.2 Å². The van der Waals surface area contributed by atoms with Crippen molar-refractivity contribution in [1.82, 2.24) is 15.0 Å². The molecular weight excluding hydrogens is 341 g/mol. The summed E-state index contributed by atoms with van der Waals surface area (Å²) in [7, 11) is 1.76. The predicted octanol–water partition coefficient (Wildman–Crippen LogP) is 4.41. The Bertz CT molecular complexity index is 1180. The summed E-state index contributed by atoms with van der Waals surface area (Å²) in [6.07, 6.45) is 3.34. The van der Waals surface area contributed by atoms with Crippen molar-refractivity contribution in [2.75, 3.05) is 12.4 Å². The standard InChI is InChI=1S/C21H14FN5/c1-24-21-17-9-16(14-5-2-4-13(8-14)11-23)18(22)10-19(17)26-20(27-21)15-6-3-7-25-12-15/h2-10,12H,1H3,(H,24,26,27). The summed E-state index contributed by atoms with van der Waals surface area (Å²) < 4.78 is 14.8. The Morgan fingerprint density at radius 1 is 1.04 bits per heavy atom. The SMILES string of the molecule is CNc1nc(-c2cccnc2)nc2cc(F)c(-c3cccc(C#N)c3)cc12. The molecule has 0 atom stereocenters. The molecule has 2 aromatic heterocycles. The minimum Gasteiger partial charge on any atom is -0.373 e. The van der Waals surface area contributed by atoms with E-state index >= 15 is 0 Å². The molecule has 2 aromatic carbocycles. The zero-order chi connectivity index (χ0) is 18.8. The highest BCUT2D eigenvalue weighted by atomic mass is 19.1. The number of pyridine rings is 1. The summed E-state index contributed by atoms with van der Waals surface area (Å²) in [6.45, 7) is 0. The molecule has 6 heteroatoms. The summed E-state index contributed by atoms with van der Waals surface area (Å²) in [6, 6.07) is 15.7. The Morgan fingerprint density at radius 3 is 2.63 bits per heavy atom. The van der Waals surface area contributed by atoms with Crippen LogP contribution in [0.15, 0.2) is 60.9 Å². The third kappa shape index (κ3) is 3.07. The molecule has 0 amide bonds. The van der Waals surface area contributed by atoms with Gasteiger partial charge in [0.2, 0.25) is 0 Å². The molecule has 0 unspecified atom stereocenters. The molecule has 0 fully saturated rings. The summed E-state index contributed by atoms with van der Waals surface area (Å²) >= 11 is 0. The van der Waals surface area contributed by atoms with Gasteiger partial charge in [0.15, 0.2) is 5.82 Å². The highest BCUT2D eigenvalue weighted by Crippen LogP contribution is 2.31. The van der Waals surface area contributed by atoms with Crippen molar-refractivity contribution in [1.29, 1.82) is 5.26 Å². The van der Waals surface area contributed by atoms with Gasteiger partial charge in [0.25, 0.3) is 0 Å². The average Bonchev–Trinajstić information content (AvgIpc) is 2.73. The van der Waals surface area contributed by atoms with Gasteiger partial charge in [-0.25, -0.2) is 14.4 Å². The molecular formula is C21H14FN5. The third-order valence-electron chi connectivity index (χ3n) is 4.24. The Kier molecular flexibility index (Phi) is 4.19. The quantitative estimate of drug-likeness (QED) is 0.589. The molecule has 4 rings (SSSR count). The fraction of sp³-hybridized carbons (Fsp3) is 0.0476. The van der Waals surface area contributed by atoms with Crippen LogP contribution in [0.3, 0.4) is 0 Å². The number of nitrogens with zero attached hydrogens (tertiary/aromatic N) is 4. The monoisotopic (exact) mass is 355 g/mol. The van der Waals surface area contributed by atoms with Gasteiger partial charge >= 0.3 is 0 Å². The number of hydrogen-bond donors (Lipinski definition) is 1. The number of nitrogens with one attached hydrogen (secondary N) is 1. The van der Waals surface area contributed by atoms with Crippen LogP contribution in [-0.4, -0.2) is 22.0 Å². The number of nitriles is 1.